The predicted molar refractivity (Wildman–Crippen MR) is 111 cm³/mol. The number of phosphoric ester groups is 1. The highest BCUT2D eigenvalue weighted by atomic mass is 31.2. The molecule has 0 saturated carbocycles. The van der Waals surface area contributed by atoms with Gasteiger partial charge in [-0.1, -0.05) is 74.4 Å². The van der Waals surface area contributed by atoms with Gasteiger partial charge in [-0.05, 0) is 44.5 Å². The van der Waals surface area contributed by atoms with Gasteiger partial charge in [0.25, 0.3) is 0 Å². The molecule has 0 aliphatic heterocycles. The summed E-state index contributed by atoms with van der Waals surface area (Å²) in [6.07, 6.45) is 6.76. The lowest BCUT2D eigenvalue weighted by Crippen LogP contribution is -2.06. The molecule has 27 heavy (non-hydrogen) atoms. The van der Waals surface area contributed by atoms with Crippen molar-refractivity contribution in [1.82, 2.24) is 0 Å². The van der Waals surface area contributed by atoms with Crippen molar-refractivity contribution in [2.45, 2.75) is 59.3 Å². The van der Waals surface area contributed by atoms with Crippen molar-refractivity contribution in [1.29, 1.82) is 0 Å². The molecule has 5 heteroatoms. The normalized spacial score (nSPS) is 11.4. The minimum Gasteiger partial charge on any atom is -0.395 e. The van der Waals surface area contributed by atoms with Gasteiger partial charge in [-0.3, -0.25) is 4.52 Å². The molecule has 0 fully saturated rings. The lowest BCUT2D eigenvalue weighted by atomic mass is 10.1. The second-order valence-corrected chi connectivity index (χ2v) is 8.37. The molecular formula is C22H31O4P. The molecule has 148 valence electrons. The standard InChI is InChI=1S/C22H31O4P/c1-4-5-6-7-8-9-18-24-27(23,25-21-14-10-19(2)11-15-21)26-22-16-12-20(3)13-17-22/h10-17H,4-9,18H2,1-3H3. The molecule has 0 radical (unpaired) electrons. The summed E-state index contributed by atoms with van der Waals surface area (Å²) < 4.78 is 30.1. The maximum atomic E-state index is 13.2. The number of phosphoric acid groups is 1. The number of unbranched alkanes of at least 4 members (excludes halogenated alkanes) is 5. The van der Waals surface area contributed by atoms with Crippen LogP contribution in [-0.2, 0) is 9.09 Å². The Morgan fingerprint density at radius 1 is 0.704 bits per heavy atom. The fourth-order valence-corrected chi connectivity index (χ4v) is 3.84. The first-order valence-electron chi connectivity index (χ1n) is 9.78. The van der Waals surface area contributed by atoms with Gasteiger partial charge in [-0.2, -0.15) is 0 Å². The molecule has 0 aliphatic carbocycles. The molecule has 2 aromatic carbocycles. The number of rotatable bonds is 12. The molecule has 0 unspecified atom stereocenters. The number of benzene rings is 2. The van der Waals surface area contributed by atoms with Crippen LogP contribution < -0.4 is 9.05 Å². The highest BCUT2D eigenvalue weighted by Gasteiger charge is 2.30. The van der Waals surface area contributed by atoms with E-state index < -0.39 is 7.82 Å². The van der Waals surface area contributed by atoms with Crippen molar-refractivity contribution in [2.24, 2.45) is 0 Å². The molecule has 4 nitrogen and oxygen atoms in total. The van der Waals surface area contributed by atoms with E-state index in [2.05, 4.69) is 6.92 Å². The SMILES string of the molecule is CCCCCCCCOP(=O)(Oc1ccc(C)cc1)Oc1ccc(C)cc1. The van der Waals surface area contributed by atoms with Gasteiger partial charge in [0.15, 0.2) is 0 Å². The summed E-state index contributed by atoms with van der Waals surface area (Å²) in [4.78, 5) is 0. The van der Waals surface area contributed by atoms with E-state index in [1.807, 2.05) is 38.1 Å². The van der Waals surface area contributed by atoms with E-state index in [0.29, 0.717) is 18.1 Å². The molecule has 0 saturated heterocycles. The van der Waals surface area contributed by atoms with Crippen LogP contribution in [0.5, 0.6) is 11.5 Å². The molecule has 2 rings (SSSR count). The Hall–Kier alpha value is -1.77. The van der Waals surface area contributed by atoms with Crippen LogP contribution in [0.1, 0.15) is 56.6 Å². The topological polar surface area (TPSA) is 44.8 Å². The molecule has 0 heterocycles. The van der Waals surface area contributed by atoms with Crippen molar-refractivity contribution in [2.75, 3.05) is 6.61 Å². The van der Waals surface area contributed by atoms with Crippen LogP contribution in [0.15, 0.2) is 48.5 Å². The second kappa shape index (κ2) is 11.2. The van der Waals surface area contributed by atoms with Crippen LogP contribution in [0, 0.1) is 13.8 Å². The summed E-state index contributed by atoms with van der Waals surface area (Å²) in [5, 5.41) is 0. The first-order valence-corrected chi connectivity index (χ1v) is 11.2. The third-order valence-corrected chi connectivity index (χ3v) is 5.59. The van der Waals surface area contributed by atoms with Gasteiger partial charge in [-0.15, -0.1) is 0 Å². The average Bonchev–Trinajstić information content (AvgIpc) is 2.65. The monoisotopic (exact) mass is 390 g/mol. The van der Waals surface area contributed by atoms with Gasteiger partial charge >= 0.3 is 7.82 Å². The van der Waals surface area contributed by atoms with Crippen molar-refractivity contribution < 1.29 is 18.1 Å². The summed E-state index contributed by atoms with van der Waals surface area (Å²) in [5.41, 5.74) is 2.20. The van der Waals surface area contributed by atoms with Crippen LogP contribution in [0.25, 0.3) is 0 Å². The number of hydrogen-bond acceptors (Lipinski definition) is 4. The Kier molecular flexibility index (Phi) is 8.90. The van der Waals surface area contributed by atoms with Crippen molar-refractivity contribution in [3.05, 3.63) is 59.7 Å². The highest BCUT2D eigenvalue weighted by molar-refractivity contribution is 7.49. The Morgan fingerprint density at radius 3 is 1.63 bits per heavy atom. The van der Waals surface area contributed by atoms with Crippen molar-refractivity contribution in [3.8, 4) is 11.5 Å². The fraction of sp³-hybridized carbons (Fsp3) is 0.455. The molecular weight excluding hydrogens is 359 g/mol. The second-order valence-electron chi connectivity index (χ2n) is 6.86. The molecule has 0 atom stereocenters. The summed E-state index contributed by atoms with van der Waals surface area (Å²) in [6, 6.07) is 14.7. The molecule has 0 spiro atoms. The van der Waals surface area contributed by atoms with E-state index in [9.17, 15) is 4.57 Å². The third-order valence-electron chi connectivity index (χ3n) is 4.22. The average molecular weight is 390 g/mol. The predicted octanol–water partition coefficient (Wildman–Crippen LogP) is 7.25. The summed E-state index contributed by atoms with van der Waals surface area (Å²) in [7, 11) is -3.75. The van der Waals surface area contributed by atoms with E-state index >= 15 is 0 Å². The molecule has 0 aliphatic rings. The number of hydrogen-bond donors (Lipinski definition) is 0. The summed E-state index contributed by atoms with van der Waals surface area (Å²) in [5.74, 6) is 0.943. The maximum Gasteiger partial charge on any atom is 0.587 e. The molecule has 0 N–H and O–H groups in total. The van der Waals surface area contributed by atoms with Crippen LogP contribution in [0.4, 0.5) is 0 Å². The fourth-order valence-electron chi connectivity index (χ4n) is 2.59. The van der Waals surface area contributed by atoms with Gasteiger partial charge in [-0.25, -0.2) is 4.57 Å². The summed E-state index contributed by atoms with van der Waals surface area (Å²) >= 11 is 0. The van der Waals surface area contributed by atoms with Gasteiger partial charge in [0.1, 0.15) is 11.5 Å². The molecule has 2 aromatic rings. The van der Waals surface area contributed by atoms with Crippen LogP contribution in [0.3, 0.4) is 0 Å². The quantitative estimate of drug-likeness (QED) is 0.283. The van der Waals surface area contributed by atoms with E-state index in [4.69, 9.17) is 13.6 Å². The van der Waals surface area contributed by atoms with Gasteiger partial charge in [0, 0.05) is 0 Å². The summed E-state index contributed by atoms with van der Waals surface area (Å²) in [6.45, 7) is 6.52. The molecule has 0 aromatic heterocycles. The van der Waals surface area contributed by atoms with Gasteiger partial charge in [0.2, 0.25) is 0 Å². The van der Waals surface area contributed by atoms with Crippen LogP contribution in [0.2, 0.25) is 0 Å². The third kappa shape index (κ3) is 8.19. The Bertz CT molecular complexity index is 659. The smallest absolute Gasteiger partial charge is 0.395 e. The Balaban J connectivity index is 1.97. The zero-order valence-corrected chi connectivity index (χ0v) is 17.5. The van der Waals surface area contributed by atoms with Gasteiger partial charge < -0.3 is 9.05 Å². The maximum absolute atomic E-state index is 13.2. The Morgan fingerprint density at radius 2 is 1.15 bits per heavy atom. The van der Waals surface area contributed by atoms with E-state index in [0.717, 1.165) is 24.0 Å². The highest BCUT2D eigenvalue weighted by Crippen LogP contribution is 2.49. The zero-order chi connectivity index (χ0) is 19.5. The lowest BCUT2D eigenvalue weighted by molar-refractivity contribution is 0.205. The van der Waals surface area contributed by atoms with E-state index in [-0.39, 0.29) is 0 Å². The number of aryl methyl sites for hydroxylation is 2. The van der Waals surface area contributed by atoms with E-state index in [1.165, 1.54) is 25.7 Å². The van der Waals surface area contributed by atoms with Crippen LogP contribution in [-0.4, -0.2) is 6.61 Å². The van der Waals surface area contributed by atoms with Crippen molar-refractivity contribution in [3.63, 3.8) is 0 Å². The largest absolute Gasteiger partial charge is 0.587 e. The van der Waals surface area contributed by atoms with Crippen molar-refractivity contribution >= 4 is 7.82 Å². The first kappa shape index (κ1) is 21.5. The Labute approximate surface area is 163 Å². The minimum absolute atomic E-state index is 0.348. The first-order chi connectivity index (χ1) is 13.0. The van der Waals surface area contributed by atoms with E-state index in [1.54, 1.807) is 24.3 Å². The van der Waals surface area contributed by atoms with Gasteiger partial charge in [0.05, 0.1) is 6.61 Å². The molecule has 0 amide bonds. The zero-order valence-electron chi connectivity index (χ0n) is 16.6. The minimum atomic E-state index is -3.75. The molecule has 0 bridgehead atoms. The van der Waals surface area contributed by atoms with Crippen LogP contribution >= 0.6 is 7.82 Å². The lowest BCUT2D eigenvalue weighted by Gasteiger charge is -2.19.